The summed E-state index contributed by atoms with van der Waals surface area (Å²) < 4.78 is 15.1. The molecule has 7 fully saturated rings. The summed E-state index contributed by atoms with van der Waals surface area (Å²) in [4.78, 5) is 2.34. The first-order chi connectivity index (χ1) is 64.9. The van der Waals surface area contributed by atoms with Crippen molar-refractivity contribution >= 4 is 74.7 Å². The van der Waals surface area contributed by atoms with Crippen molar-refractivity contribution in [1.82, 2.24) is 9.44 Å². The Bertz CT molecular complexity index is 6100. The molecule has 0 aromatic heterocycles. The summed E-state index contributed by atoms with van der Waals surface area (Å²) in [6, 6.07) is 125. The maximum atomic E-state index is 6.81. The van der Waals surface area contributed by atoms with E-state index in [1.807, 2.05) is 0 Å². The van der Waals surface area contributed by atoms with Crippen molar-refractivity contribution < 1.29 is 4.74 Å². The summed E-state index contributed by atoms with van der Waals surface area (Å²) in [7, 11) is -2.71. The number of fused-ring (bicyclic) bond motifs is 8. The highest BCUT2D eigenvalue weighted by molar-refractivity contribution is 7.95. The van der Waals surface area contributed by atoms with Crippen LogP contribution in [-0.2, 0) is 5.41 Å². The molecule has 0 radical (unpaired) electrons. The molecule has 12 aliphatic rings. The normalized spacial score (nSPS) is 27.7. The van der Waals surface area contributed by atoms with Gasteiger partial charge in [-0.15, -0.1) is 0 Å². The standard InChI is InChI=1S/C125H125N3OSSi/c1-9-29-89(30-10-1)121-108-46-26-25-31-97(108)80-98-79-93(65-73-109(98)121)84-49-55-90(56-50-84)120(91-57-51-85(52-58-91)96-68-78-117-119(83-96)129-118-48-28-27-47-116(118)128(117)103-38-17-5-18-39-103)113-77-76-110(123-124(113)127-130-126-123)88-53-59-92(60-54-88)122-111-74-66-94(86-61-69-102(70-62-86)125(99-32-11-2-12-33-99,100-34-13-3-14-35-100)101-36-15-4-16-37-101)81-114(111)115-82-95(67-75-112(115)122)87-63-71-107(72-64-87)131(104-40-19-6-20-41-104,105-42-21-7-22-43-105)106-44-23-8-24-45-106/h1-2,5-12,17-24,27-30,32-33,38-45,47-53,55-59,61-64,66-72,74-75,78-79,81-83,88,92,97-98,100-101,108-115,120-124,126-127H,3-4,13-16,25-26,31,34-37,46,54,60,65,73,76-77,80H2. The Morgan fingerprint density at radius 2 is 0.863 bits per heavy atom. The Morgan fingerprint density at radius 3 is 1.48 bits per heavy atom. The lowest BCUT2D eigenvalue weighted by molar-refractivity contribution is 0.0624. The van der Waals surface area contributed by atoms with Crippen LogP contribution < -0.4 is 39.8 Å². The molecule has 2 aliphatic heterocycles. The zero-order valence-electron chi connectivity index (χ0n) is 75.9. The Labute approximate surface area is 784 Å². The summed E-state index contributed by atoms with van der Waals surface area (Å²) in [5.41, 5.74) is 21.6. The van der Waals surface area contributed by atoms with E-state index in [-0.39, 0.29) is 11.3 Å². The van der Waals surface area contributed by atoms with Crippen molar-refractivity contribution in [1.29, 1.82) is 0 Å². The smallest absolute Gasteiger partial charge is 0.179 e. The first-order valence-electron chi connectivity index (χ1n) is 50.8. The van der Waals surface area contributed by atoms with Gasteiger partial charge in [-0.1, -0.05) is 398 Å². The van der Waals surface area contributed by atoms with Crippen LogP contribution in [0, 0.1) is 88.8 Å². The molecule has 131 heavy (non-hydrogen) atoms. The molecule has 4 nitrogen and oxygen atoms in total. The Morgan fingerprint density at radius 1 is 0.359 bits per heavy atom. The molecule has 6 heteroatoms. The Kier molecular flexibility index (Phi) is 23.1. The monoisotopic (exact) mass is 1740 g/mol. The van der Waals surface area contributed by atoms with Crippen LogP contribution in [0.3, 0.4) is 0 Å². The number of para-hydroxylation sites is 3. The molecular formula is C125H125N3OSSi. The van der Waals surface area contributed by atoms with Gasteiger partial charge in [0.2, 0.25) is 0 Å². The van der Waals surface area contributed by atoms with Gasteiger partial charge < -0.3 is 9.64 Å². The van der Waals surface area contributed by atoms with Crippen LogP contribution in [0.1, 0.15) is 191 Å². The number of hydrogen-bond acceptors (Lipinski definition) is 5. The van der Waals surface area contributed by atoms with Gasteiger partial charge in [0.25, 0.3) is 0 Å². The number of hydrogen-bond donors (Lipinski definition) is 2. The van der Waals surface area contributed by atoms with Crippen LogP contribution >= 0.6 is 12.1 Å². The molecule has 17 unspecified atom stereocenters. The summed E-state index contributed by atoms with van der Waals surface area (Å²) in [6.07, 6.45) is 52.2. The van der Waals surface area contributed by atoms with E-state index in [4.69, 9.17) is 4.74 Å². The summed E-state index contributed by atoms with van der Waals surface area (Å²) in [6.45, 7) is 0. The minimum Gasteiger partial charge on any atom is -0.453 e. The quantitative estimate of drug-likeness (QED) is 0.0365. The van der Waals surface area contributed by atoms with E-state index in [1.54, 1.807) is 34.4 Å². The third kappa shape index (κ3) is 15.2. The van der Waals surface area contributed by atoms with E-state index >= 15 is 0 Å². The molecule has 17 atom stereocenters. The molecule has 6 saturated carbocycles. The van der Waals surface area contributed by atoms with Crippen LogP contribution in [0.2, 0.25) is 0 Å². The molecule has 24 rings (SSSR count). The number of nitrogens with zero attached hydrogens (tertiary/aromatic N) is 1. The molecule has 12 aromatic rings. The topological polar surface area (TPSA) is 36.5 Å². The van der Waals surface area contributed by atoms with Gasteiger partial charge in [0.05, 0.1) is 11.4 Å². The predicted molar refractivity (Wildman–Crippen MR) is 550 cm³/mol. The molecule has 0 spiro atoms. The molecule has 12 aromatic carbocycles. The second-order valence-corrected chi connectivity index (χ2v) is 45.9. The Balaban J connectivity index is 0.539. The highest BCUT2D eigenvalue weighted by atomic mass is 32.2. The van der Waals surface area contributed by atoms with Crippen molar-refractivity contribution in [2.75, 3.05) is 4.90 Å². The summed E-state index contributed by atoms with van der Waals surface area (Å²) >= 11 is 1.78. The van der Waals surface area contributed by atoms with Gasteiger partial charge in [-0.25, -0.2) is 9.44 Å². The van der Waals surface area contributed by atoms with Crippen LogP contribution in [-0.4, -0.2) is 20.2 Å². The third-order valence-corrected chi connectivity index (χ3v) is 40.8. The van der Waals surface area contributed by atoms with E-state index < -0.39 is 8.07 Å². The zero-order chi connectivity index (χ0) is 86.8. The van der Waals surface area contributed by atoms with Crippen LogP contribution in [0.15, 0.2) is 376 Å². The van der Waals surface area contributed by atoms with Crippen LogP contribution in [0.5, 0.6) is 11.5 Å². The van der Waals surface area contributed by atoms with Gasteiger partial charge in [0.15, 0.2) is 19.6 Å². The number of benzene rings is 12. The molecule has 1 saturated heterocycles. The van der Waals surface area contributed by atoms with Gasteiger partial charge in [0.1, 0.15) is 0 Å². The van der Waals surface area contributed by atoms with Gasteiger partial charge in [-0.3, -0.25) is 0 Å². The van der Waals surface area contributed by atoms with Crippen LogP contribution in [0.4, 0.5) is 17.1 Å². The molecule has 2 heterocycles. The molecular weight excluding hydrogens is 1620 g/mol. The molecule has 0 bridgehead atoms. The maximum absolute atomic E-state index is 6.81. The molecule has 0 amide bonds. The zero-order valence-corrected chi connectivity index (χ0v) is 77.7. The molecule has 10 aliphatic carbocycles. The highest BCUT2D eigenvalue weighted by Crippen LogP contribution is 2.62. The number of allylic oxidation sites excluding steroid dienone is 12. The average molecular weight is 1750 g/mol. The fourth-order valence-corrected chi connectivity index (χ4v) is 35.3. The lowest BCUT2D eigenvalue weighted by Crippen LogP contribution is -2.74. The van der Waals surface area contributed by atoms with Crippen molar-refractivity contribution in [3.63, 3.8) is 0 Å². The van der Waals surface area contributed by atoms with Crippen LogP contribution in [0.25, 0.3) is 27.8 Å². The third-order valence-electron chi connectivity index (χ3n) is 35.3. The first-order valence-corrected chi connectivity index (χ1v) is 53.6. The van der Waals surface area contributed by atoms with Crippen molar-refractivity contribution in [2.24, 2.45) is 88.8 Å². The molecule has 656 valence electrons. The lowest BCUT2D eigenvalue weighted by Gasteiger charge is -2.51. The number of anilines is 3. The highest BCUT2D eigenvalue weighted by Gasteiger charge is 2.55. The van der Waals surface area contributed by atoms with Gasteiger partial charge in [-0.2, -0.15) is 0 Å². The van der Waals surface area contributed by atoms with Gasteiger partial charge in [0, 0.05) is 41.2 Å². The lowest BCUT2D eigenvalue weighted by atomic mass is 9.53. The Hall–Kier alpha value is -10.8. The minimum absolute atomic E-state index is 0.0308. The SMILES string of the molecule is C1=CC2C(C=C1c1ccc(C(c3ccccc3)(C3CCCCC3)C3CCCCC3)cc1)C1C=C(c3ccc([Si](c4ccccc4)(c4ccccc4)c4ccccc4)cc3)C=CC1C2C1C=CC(C2CCC(C(c3ccc(C4=CC5CC6CCCCC6C(c6ccccc6)C5CC4)cc3)c3ccc(-c4ccc5c(c4)Oc4ccccc4N5c4ccccc4)cc3)C3NSNC23)CC1. The van der Waals surface area contributed by atoms with E-state index in [2.05, 4.69) is 391 Å². The summed E-state index contributed by atoms with van der Waals surface area (Å²) in [5, 5.41) is 5.64. The van der Waals surface area contributed by atoms with Crippen molar-refractivity contribution in [2.45, 2.75) is 164 Å². The number of nitrogens with one attached hydrogen (secondary N) is 2. The van der Waals surface area contributed by atoms with Crippen molar-refractivity contribution in [3.05, 3.63) is 421 Å². The minimum atomic E-state index is -2.71. The number of ether oxygens (including phenoxy) is 1. The van der Waals surface area contributed by atoms with E-state index in [0.29, 0.717) is 89.0 Å². The predicted octanol–water partition coefficient (Wildman–Crippen LogP) is 28.8. The largest absolute Gasteiger partial charge is 0.453 e. The fourth-order valence-electron chi connectivity index (χ4n) is 29.5. The van der Waals surface area contributed by atoms with E-state index in [0.717, 1.165) is 64.7 Å². The van der Waals surface area contributed by atoms with Gasteiger partial charge >= 0.3 is 0 Å². The van der Waals surface area contributed by atoms with E-state index in [9.17, 15) is 0 Å². The second kappa shape index (κ2) is 36.3. The fraction of sp³-hybridized carbons (Fsp3) is 0.328. The van der Waals surface area contributed by atoms with E-state index in [1.165, 1.54) is 187 Å². The first kappa shape index (κ1) is 83.3. The van der Waals surface area contributed by atoms with Crippen molar-refractivity contribution in [3.8, 4) is 22.6 Å². The second-order valence-electron chi connectivity index (χ2n) is 41.4. The average Bonchev–Trinajstić information content (AvgIpc) is 1.27. The summed E-state index contributed by atoms with van der Waals surface area (Å²) in [5.74, 6) is 10.9. The number of rotatable bonds is 19. The van der Waals surface area contributed by atoms with Gasteiger partial charge in [-0.05, 0) is 301 Å². The maximum Gasteiger partial charge on any atom is 0.179 e. The molecule has 2 N–H and O–H groups in total.